The predicted molar refractivity (Wildman–Crippen MR) is 113 cm³/mol. The normalized spacial score (nSPS) is 10.8. The van der Waals surface area contributed by atoms with Crippen molar-refractivity contribution in [2.45, 2.75) is 6.92 Å². The van der Waals surface area contributed by atoms with Crippen LogP contribution in [0.25, 0.3) is 22.3 Å². The molecule has 0 aliphatic rings. The van der Waals surface area contributed by atoms with Gasteiger partial charge in [-0.25, -0.2) is 18.7 Å². The van der Waals surface area contributed by atoms with Gasteiger partial charge in [0.15, 0.2) is 5.65 Å². The molecule has 0 saturated heterocycles. The standard InChI is InChI=1S/C22H17F2N5O2/c1-2-25-21(30)12-6-8-13(9-7-12)28-17-10-16(18-14(23)4-3-5-15(18)24)29-20-19(17)22(31)27-11-26-20/h3-11H,2H2,1H3,(H,25,30)(H2,26,27,28,29,31). The van der Waals surface area contributed by atoms with Gasteiger partial charge in [-0.2, -0.15) is 0 Å². The van der Waals surface area contributed by atoms with E-state index < -0.39 is 17.2 Å². The maximum absolute atomic E-state index is 14.3. The number of benzene rings is 2. The molecule has 0 aliphatic heterocycles. The zero-order valence-electron chi connectivity index (χ0n) is 16.4. The smallest absolute Gasteiger partial charge is 0.262 e. The summed E-state index contributed by atoms with van der Waals surface area (Å²) in [4.78, 5) is 35.0. The van der Waals surface area contributed by atoms with Crippen LogP contribution in [0.15, 0.2) is 59.7 Å². The second-order valence-corrected chi connectivity index (χ2v) is 6.64. The Bertz CT molecular complexity index is 1320. The molecular formula is C22H17F2N5O2. The SMILES string of the molecule is CCNC(=O)c1ccc(Nc2cc(-c3c(F)cccc3F)nc3nc[nH]c(=O)c23)cc1. The number of amides is 1. The van der Waals surface area contributed by atoms with Crippen molar-refractivity contribution in [3.05, 3.63) is 82.4 Å². The van der Waals surface area contributed by atoms with Crippen molar-refractivity contribution >= 4 is 28.3 Å². The summed E-state index contributed by atoms with van der Waals surface area (Å²) in [6.07, 6.45) is 1.17. The van der Waals surface area contributed by atoms with Crippen molar-refractivity contribution in [3.8, 4) is 11.3 Å². The summed E-state index contributed by atoms with van der Waals surface area (Å²) < 4.78 is 28.7. The van der Waals surface area contributed by atoms with Crippen LogP contribution in [-0.2, 0) is 0 Å². The Morgan fingerprint density at radius 3 is 2.48 bits per heavy atom. The fourth-order valence-electron chi connectivity index (χ4n) is 3.17. The van der Waals surface area contributed by atoms with E-state index in [-0.39, 0.29) is 33.9 Å². The van der Waals surface area contributed by atoms with Gasteiger partial charge < -0.3 is 15.6 Å². The number of fused-ring (bicyclic) bond motifs is 1. The van der Waals surface area contributed by atoms with Crippen LogP contribution in [0, 0.1) is 11.6 Å². The number of aromatic nitrogens is 3. The van der Waals surface area contributed by atoms with Crippen molar-refractivity contribution in [1.29, 1.82) is 0 Å². The number of anilines is 2. The zero-order chi connectivity index (χ0) is 22.0. The molecule has 0 saturated carbocycles. The van der Waals surface area contributed by atoms with Gasteiger partial charge in [0.25, 0.3) is 11.5 Å². The van der Waals surface area contributed by atoms with Gasteiger partial charge in [0.1, 0.15) is 17.0 Å². The number of carbonyl (C=O) groups excluding carboxylic acids is 1. The highest BCUT2D eigenvalue weighted by molar-refractivity contribution is 5.95. The van der Waals surface area contributed by atoms with Crippen LogP contribution in [0.3, 0.4) is 0 Å². The van der Waals surface area contributed by atoms with Gasteiger partial charge in [0, 0.05) is 17.8 Å². The molecule has 2 aromatic carbocycles. The lowest BCUT2D eigenvalue weighted by molar-refractivity contribution is 0.0956. The molecule has 9 heteroatoms. The quantitative estimate of drug-likeness (QED) is 0.456. The van der Waals surface area contributed by atoms with E-state index in [2.05, 4.69) is 25.6 Å². The van der Waals surface area contributed by atoms with Crippen LogP contribution in [0.4, 0.5) is 20.2 Å². The van der Waals surface area contributed by atoms with Crippen LogP contribution >= 0.6 is 0 Å². The Labute approximate surface area is 175 Å². The van der Waals surface area contributed by atoms with Gasteiger partial charge in [-0.05, 0) is 49.4 Å². The van der Waals surface area contributed by atoms with E-state index in [0.717, 1.165) is 12.1 Å². The van der Waals surface area contributed by atoms with Crippen molar-refractivity contribution in [3.63, 3.8) is 0 Å². The molecule has 4 aromatic rings. The lowest BCUT2D eigenvalue weighted by Crippen LogP contribution is -2.22. The number of H-pyrrole nitrogens is 1. The first-order valence-electron chi connectivity index (χ1n) is 9.46. The van der Waals surface area contributed by atoms with Crippen LogP contribution in [0.1, 0.15) is 17.3 Å². The molecule has 1 amide bonds. The Hall–Kier alpha value is -4.14. The molecule has 0 fully saturated rings. The third-order valence-electron chi connectivity index (χ3n) is 4.59. The second-order valence-electron chi connectivity index (χ2n) is 6.64. The largest absolute Gasteiger partial charge is 0.355 e. The number of hydrogen-bond donors (Lipinski definition) is 3. The molecule has 3 N–H and O–H groups in total. The van der Waals surface area contributed by atoms with E-state index >= 15 is 0 Å². The highest BCUT2D eigenvalue weighted by Gasteiger charge is 2.17. The van der Waals surface area contributed by atoms with E-state index in [1.807, 2.05) is 6.92 Å². The van der Waals surface area contributed by atoms with E-state index in [4.69, 9.17) is 0 Å². The lowest BCUT2D eigenvalue weighted by atomic mass is 10.1. The summed E-state index contributed by atoms with van der Waals surface area (Å²) in [5, 5.41) is 5.90. The molecule has 0 bridgehead atoms. The monoisotopic (exact) mass is 421 g/mol. The summed E-state index contributed by atoms with van der Waals surface area (Å²) >= 11 is 0. The number of rotatable bonds is 5. The van der Waals surface area contributed by atoms with E-state index in [1.165, 1.54) is 18.5 Å². The van der Waals surface area contributed by atoms with Crippen molar-refractivity contribution < 1.29 is 13.6 Å². The second kappa shape index (κ2) is 8.31. The highest BCUT2D eigenvalue weighted by Crippen LogP contribution is 2.30. The van der Waals surface area contributed by atoms with Gasteiger partial charge in [0.2, 0.25) is 0 Å². The molecule has 0 unspecified atom stereocenters. The number of hydrogen-bond acceptors (Lipinski definition) is 5. The van der Waals surface area contributed by atoms with Gasteiger partial charge >= 0.3 is 0 Å². The Morgan fingerprint density at radius 2 is 1.81 bits per heavy atom. The molecule has 2 heterocycles. The van der Waals surface area contributed by atoms with Crippen molar-refractivity contribution in [1.82, 2.24) is 20.3 Å². The van der Waals surface area contributed by atoms with Gasteiger partial charge in [-0.1, -0.05) is 6.07 Å². The minimum absolute atomic E-state index is 0.0114. The molecule has 0 atom stereocenters. The van der Waals surface area contributed by atoms with Crippen LogP contribution in [0.2, 0.25) is 0 Å². The Morgan fingerprint density at radius 1 is 1.10 bits per heavy atom. The third-order valence-corrected chi connectivity index (χ3v) is 4.59. The number of carbonyl (C=O) groups is 1. The maximum Gasteiger partial charge on any atom is 0.262 e. The lowest BCUT2D eigenvalue weighted by Gasteiger charge is -2.12. The molecule has 4 rings (SSSR count). The summed E-state index contributed by atoms with van der Waals surface area (Å²) in [5.74, 6) is -1.77. The number of aromatic amines is 1. The minimum atomic E-state index is -0.783. The molecular weight excluding hydrogens is 404 g/mol. The summed E-state index contributed by atoms with van der Waals surface area (Å²) in [6.45, 7) is 2.33. The molecule has 2 aromatic heterocycles. The first-order valence-corrected chi connectivity index (χ1v) is 9.46. The van der Waals surface area contributed by atoms with Crippen LogP contribution in [0.5, 0.6) is 0 Å². The average molecular weight is 421 g/mol. The fraction of sp³-hybridized carbons (Fsp3) is 0.0909. The molecule has 0 spiro atoms. The first-order chi connectivity index (χ1) is 15.0. The Balaban J connectivity index is 1.81. The zero-order valence-corrected chi connectivity index (χ0v) is 16.4. The fourth-order valence-corrected chi connectivity index (χ4v) is 3.17. The number of nitrogens with zero attached hydrogens (tertiary/aromatic N) is 2. The highest BCUT2D eigenvalue weighted by atomic mass is 19.1. The average Bonchev–Trinajstić information content (AvgIpc) is 2.74. The first kappa shape index (κ1) is 20.1. The summed E-state index contributed by atoms with van der Waals surface area (Å²) in [6, 6.07) is 11.5. The molecule has 31 heavy (non-hydrogen) atoms. The predicted octanol–water partition coefficient (Wildman–Crippen LogP) is 3.76. The van der Waals surface area contributed by atoms with Gasteiger partial charge in [0.05, 0.1) is 23.3 Å². The van der Waals surface area contributed by atoms with Crippen molar-refractivity contribution in [2.75, 3.05) is 11.9 Å². The van der Waals surface area contributed by atoms with Crippen molar-refractivity contribution in [2.24, 2.45) is 0 Å². The Kier molecular flexibility index (Phi) is 5.40. The van der Waals surface area contributed by atoms with Crippen LogP contribution < -0.4 is 16.2 Å². The molecule has 7 nitrogen and oxygen atoms in total. The summed E-state index contributed by atoms with van der Waals surface area (Å²) in [7, 11) is 0. The number of halogens is 2. The van der Waals surface area contributed by atoms with E-state index in [1.54, 1.807) is 24.3 Å². The van der Waals surface area contributed by atoms with Crippen LogP contribution in [-0.4, -0.2) is 27.4 Å². The molecule has 156 valence electrons. The summed E-state index contributed by atoms with van der Waals surface area (Å²) in [5.41, 5.74) is 0.542. The molecule has 0 radical (unpaired) electrons. The third kappa shape index (κ3) is 3.97. The van der Waals surface area contributed by atoms with E-state index in [9.17, 15) is 18.4 Å². The maximum atomic E-state index is 14.3. The minimum Gasteiger partial charge on any atom is -0.355 e. The van der Waals surface area contributed by atoms with E-state index in [0.29, 0.717) is 17.8 Å². The number of pyridine rings is 1. The topological polar surface area (TPSA) is 99.8 Å². The van der Waals surface area contributed by atoms with Gasteiger partial charge in [-0.3, -0.25) is 9.59 Å². The number of nitrogens with one attached hydrogen (secondary N) is 3. The van der Waals surface area contributed by atoms with Gasteiger partial charge in [-0.15, -0.1) is 0 Å². The molecule has 0 aliphatic carbocycles.